The number of nitrogens with two attached hydrogens (primary N) is 1. The van der Waals surface area contributed by atoms with E-state index in [4.69, 9.17) is 10.5 Å². The summed E-state index contributed by atoms with van der Waals surface area (Å²) in [6, 6.07) is 4.03. The molecule has 0 bridgehead atoms. The average molecular weight is 305 g/mol. The Morgan fingerprint density at radius 2 is 2.05 bits per heavy atom. The first-order valence-corrected chi connectivity index (χ1v) is 6.40. The van der Waals surface area contributed by atoms with Gasteiger partial charge in [-0.15, -0.1) is 12.4 Å². The van der Waals surface area contributed by atoms with Crippen LogP contribution in [0.1, 0.15) is 33.6 Å². The van der Waals surface area contributed by atoms with Gasteiger partial charge in [-0.3, -0.25) is 4.79 Å². The van der Waals surface area contributed by atoms with Gasteiger partial charge in [-0.05, 0) is 39.3 Å². The standard InChI is InChI=1S/C14H21FN2O2.ClH/c1-9(2)19-13-6-5-11(15)8-12(13)17-14(18)7-4-10(3)16;/h5-6,8-10H,4,7,16H2,1-3H3,(H,17,18);1H. The lowest BCUT2D eigenvalue weighted by molar-refractivity contribution is -0.116. The van der Waals surface area contributed by atoms with Crippen LogP contribution >= 0.6 is 12.4 Å². The van der Waals surface area contributed by atoms with Gasteiger partial charge in [0.05, 0.1) is 11.8 Å². The summed E-state index contributed by atoms with van der Waals surface area (Å²) in [5.41, 5.74) is 5.94. The maximum atomic E-state index is 13.2. The third kappa shape index (κ3) is 6.73. The van der Waals surface area contributed by atoms with Crippen molar-refractivity contribution < 1.29 is 13.9 Å². The Morgan fingerprint density at radius 3 is 2.60 bits per heavy atom. The van der Waals surface area contributed by atoms with Crippen molar-refractivity contribution in [3.05, 3.63) is 24.0 Å². The number of hydrogen-bond acceptors (Lipinski definition) is 3. The molecule has 0 saturated carbocycles. The van der Waals surface area contributed by atoms with Gasteiger partial charge in [0.2, 0.25) is 5.91 Å². The molecule has 0 aliphatic carbocycles. The second-order valence-electron chi connectivity index (χ2n) is 4.87. The first kappa shape index (κ1) is 18.7. The van der Waals surface area contributed by atoms with Crippen molar-refractivity contribution in [2.24, 2.45) is 5.73 Å². The molecule has 0 heterocycles. The molecule has 3 N–H and O–H groups in total. The topological polar surface area (TPSA) is 64.4 Å². The molecule has 6 heteroatoms. The van der Waals surface area contributed by atoms with Crippen molar-refractivity contribution in [1.82, 2.24) is 0 Å². The molecular weight excluding hydrogens is 283 g/mol. The highest BCUT2D eigenvalue weighted by Crippen LogP contribution is 2.26. The quantitative estimate of drug-likeness (QED) is 0.849. The molecule has 0 saturated heterocycles. The smallest absolute Gasteiger partial charge is 0.224 e. The Balaban J connectivity index is 0.00000361. The largest absolute Gasteiger partial charge is 0.489 e. The van der Waals surface area contributed by atoms with E-state index in [-0.39, 0.29) is 30.5 Å². The van der Waals surface area contributed by atoms with Gasteiger partial charge in [-0.1, -0.05) is 0 Å². The monoisotopic (exact) mass is 304 g/mol. The number of nitrogens with one attached hydrogen (secondary N) is 1. The molecule has 1 unspecified atom stereocenters. The second kappa shape index (κ2) is 8.76. The van der Waals surface area contributed by atoms with Crippen LogP contribution in [0.25, 0.3) is 0 Å². The van der Waals surface area contributed by atoms with Gasteiger partial charge >= 0.3 is 0 Å². The number of amides is 1. The fraction of sp³-hybridized carbons (Fsp3) is 0.500. The number of carbonyl (C=O) groups excluding carboxylic acids is 1. The predicted octanol–water partition coefficient (Wildman–Crippen LogP) is 3.10. The molecule has 0 radical (unpaired) electrons. The third-order valence-electron chi connectivity index (χ3n) is 2.41. The van der Waals surface area contributed by atoms with E-state index in [1.54, 1.807) is 0 Å². The number of ether oxygens (including phenoxy) is 1. The molecule has 1 aromatic rings. The van der Waals surface area contributed by atoms with Gasteiger partial charge in [0.25, 0.3) is 0 Å². The fourth-order valence-electron chi connectivity index (χ4n) is 1.53. The molecule has 4 nitrogen and oxygen atoms in total. The van der Waals surface area contributed by atoms with Crippen molar-refractivity contribution in [2.45, 2.75) is 45.8 Å². The molecule has 1 aromatic carbocycles. The summed E-state index contributed by atoms with van der Waals surface area (Å²) in [6.45, 7) is 5.57. The van der Waals surface area contributed by atoms with E-state index in [1.165, 1.54) is 18.2 Å². The lowest BCUT2D eigenvalue weighted by Crippen LogP contribution is -2.20. The van der Waals surface area contributed by atoms with Crippen LogP contribution in [-0.4, -0.2) is 18.1 Å². The summed E-state index contributed by atoms with van der Waals surface area (Å²) in [6.07, 6.45) is 0.835. The van der Waals surface area contributed by atoms with E-state index in [9.17, 15) is 9.18 Å². The number of rotatable bonds is 6. The fourth-order valence-corrected chi connectivity index (χ4v) is 1.53. The Kier molecular flexibility index (Phi) is 8.18. The molecule has 1 amide bonds. The van der Waals surface area contributed by atoms with Gasteiger partial charge in [-0.2, -0.15) is 0 Å². The summed E-state index contributed by atoms with van der Waals surface area (Å²) in [5.74, 6) is -0.152. The van der Waals surface area contributed by atoms with Crippen LogP contribution in [0.15, 0.2) is 18.2 Å². The number of halogens is 2. The summed E-state index contributed by atoms with van der Waals surface area (Å²) in [4.78, 5) is 11.7. The van der Waals surface area contributed by atoms with Crippen molar-refractivity contribution in [3.8, 4) is 5.75 Å². The van der Waals surface area contributed by atoms with E-state index >= 15 is 0 Å². The molecule has 1 atom stereocenters. The molecule has 20 heavy (non-hydrogen) atoms. The zero-order valence-corrected chi connectivity index (χ0v) is 12.8. The average Bonchev–Trinajstić information content (AvgIpc) is 2.29. The molecular formula is C14H22ClFN2O2. The van der Waals surface area contributed by atoms with Crippen molar-refractivity contribution in [3.63, 3.8) is 0 Å². The van der Waals surface area contributed by atoms with Crippen LogP contribution in [0.4, 0.5) is 10.1 Å². The third-order valence-corrected chi connectivity index (χ3v) is 2.41. The van der Waals surface area contributed by atoms with E-state index in [0.717, 1.165) is 0 Å². The van der Waals surface area contributed by atoms with Gasteiger partial charge in [0.1, 0.15) is 11.6 Å². The highest BCUT2D eigenvalue weighted by Gasteiger charge is 2.11. The summed E-state index contributed by atoms with van der Waals surface area (Å²) in [7, 11) is 0. The Hall–Kier alpha value is -1.33. The summed E-state index contributed by atoms with van der Waals surface area (Å²) in [5, 5.41) is 2.65. The molecule has 0 aromatic heterocycles. The number of benzene rings is 1. The first-order chi connectivity index (χ1) is 8.88. The summed E-state index contributed by atoms with van der Waals surface area (Å²) < 4.78 is 18.7. The van der Waals surface area contributed by atoms with Gasteiger partial charge in [0.15, 0.2) is 0 Å². The SMILES string of the molecule is CC(N)CCC(=O)Nc1cc(F)ccc1OC(C)C.Cl. The number of anilines is 1. The Labute approximate surface area is 125 Å². The highest BCUT2D eigenvalue weighted by atomic mass is 35.5. The highest BCUT2D eigenvalue weighted by molar-refractivity contribution is 5.92. The normalized spacial score (nSPS) is 11.7. The van der Waals surface area contributed by atoms with Crippen molar-refractivity contribution in [1.29, 1.82) is 0 Å². The summed E-state index contributed by atoms with van der Waals surface area (Å²) >= 11 is 0. The van der Waals surface area contributed by atoms with Crippen LogP contribution in [-0.2, 0) is 4.79 Å². The predicted molar refractivity (Wildman–Crippen MR) is 80.9 cm³/mol. The van der Waals surface area contributed by atoms with E-state index < -0.39 is 5.82 Å². The molecule has 1 rings (SSSR count). The second-order valence-corrected chi connectivity index (χ2v) is 4.87. The molecule has 0 spiro atoms. The number of hydrogen-bond donors (Lipinski definition) is 2. The van der Waals surface area contributed by atoms with E-state index in [1.807, 2.05) is 20.8 Å². The lowest BCUT2D eigenvalue weighted by Gasteiger charge is -2.15. The van der Waals surface area contributed by atoms with Crippen molar-refractivity contribution >= 4 is 24.0 Å². The Morgan fingerprint density at radius 1 is 1.40 bits per heavy atom. The molecule has 0 fully saturated rings. The zero-order valence-electron chi connectivity index (χ0n) is 12.0. The van der Waals surface area contributed by atoms with Gasteiger partial charge in [-0.25, -0.2) is 4.39 Å². The number of carbonyl (C=O) groups is 1. The van der Waals surface area contributed by atoms with E-state index in [2.05, 4.69) is 5.32 Å². The van der Waals surface area contributed by atoms with Crippen LogP contribution < -0.4 is 15.8 Å². The molecule has 0 aliphatic heterocycles. The van der Waals surface area contributed by atoms with Gasteiger partial charge in [0, 0.05) is 18.5 Å². The maximum Gasteiger partial charge on any atom is 0.224 e. The van der Waals surface area contributed by atoms with Crippen LogP contribution in [0.2, 0.25) is 0 Å². The Bertz CT molecular complexity index is 439. The van der Waals surface area contributed by atoms with Crippen molar-refractivity contribution in [2.75, 3.05) is 5.32 Å². The van der Waals surface area contributed by atoms with Crippen LogP contribution in [0.3, 0.4) is 0 Å². The van der Waals surface area contributed by atoms with Gasteiger partial charge < -0.3 is 15.8 Å². The zero-order chi connectivity index (χ0) is 14.4. The lowest BCUT2D eigenvalue weighted by atomic mass is 10.2. The minimum atomic E-state index is -0.418. The maximum absolute atomic E-state index is 13.2. The van der Waals surface area contributed by atoms with E-state index in [0.29, 0.717) is 24.3 Å². The van der Waals surface area contributed by atoms with Crippen LogP contribution in [0, 0.1) is 5.82 Å². The molecule has 0 aliphatic rings. The van der Waals surface area contributed by atoms with Crippen LogP contribution in [0.5, 0.6) is 5.75 Å². The molecule has 114 valence electrons. The minimum absolute atomic E-state index is 0. The minimum Gasteiger partial charge on any atom is -0.489 e. The first-order valence-electron chi connectivity index (χ1n) is 6.40.